The van der Waals surface area contributed by atoms with Crippen molar-refractivity contribution >= 4 is 5.97 Å². The number of carboxylic acid groups (broad SMARTS) is 1. The van der Waals surface area contributed by atoms with Crippen LogP contribution in [0.2, 0.25) is 0 Å². The summed E-state index contributed by atoms with van der Waals surface area (Å²) in [5.74, 6) is -0.367. The number of nitrogens with zero attached hydrogens (tertiary/aromatic N) is 3. The third kappa shape index (κ3) is 3.33. The summed E-state index contributed by atoms with van der Waals surface area (Å²) in [5.41, 5.74) is 1.07. The van der Waals surface area contributed by atoms with Gasteiger partial charge in [-0.3, -0.25) is 9.58 Å². The van der Waals surface area contributed by atoms with Crippen molar-refractivity contribution in [1.29, 1.82) is 0 Å². The minimum absolute atomic E-state index is 0.302. The van der Waals surface area contributed by atoms with Crippen LogP contribution in [0, 0.1) is 5.92 Å². The van der Waals surface area contributed by atoms with Crippen LogP contribution in [0.5, 0.6) is 0 Å². The maximum absolute atomic E-state index is 11.2. The number of aromatic nitrogens is 2. The Morgan fingerprint density at radius 2 is 2.42 bits per heavy atom. The van der Waals surface area contributed by atoms with Crippen molar-refractivity contribution in [3.05, 3.63) is 17.5 Å². The van der Waals surface area contributed by atoms with Gasteiger partial charge < -0.3 is 9.84 Å². The minimum atomic E-state index is -0.909. The van der Waals surface area contributed by atoms with E-state index in [2.05, 4.69) is 10.00 Å². The number of ether oxygens (including phenoxy) is 1. The lowest BCUT2D eigenvalue weighted by molar-refractivity contribution is 0.0688. The molecule has 0 bridgehead atoms. The maximum atomic E-state index is 11.2. The van der Waals surface area contributed by atoms with E-state index >= 15 is 0 Å². The number of rotatable bonds is 5. The van der Waals surface area contributed by atoms with E-state index in [9.17, 15) is 4.79 Å². The average Bonchev–Trinajstić information content (AvgIpc) is 2.72. The van der Waals surface area contributed by atoms with Gasteiger partial charge in [0, 0.05) is 27.2 Å². The topological polar surface area (TPSA) is 67.6 Å². The van der Waals surface area contributed by atoms with Crippen molar-refractivity contribution in [2.24, 2.45) is 13.0 Å². The highest BCUT2D eigenvalue weighted by Gasteiger charge is 2.23. The predicted molar refractivity (Wildman–Crippen MR) is 70.0 cm³/mol. The summed E-state index contributed by atoms with van der Waals surface area (Å²) in [7, 11) is 3.51. The number of hydrogen-bond donors (Lipinski definition) is 1. The number of likely N-dealkylation sites (tertiary alicyclic amines) is 1. The zero-order chi connectivity index (χ0) is 13.8. The molecule has 0 radical (unpaired) electrons. The molecule has 0 aliphatic carbocycles. The molecule has 1 aromatic rings. The fourth-order valence-corrected chi connectivity index (χ4v) is 2.71. The number of hydrogen-bond acceptors (Lipinski definition) is 4. The Balaban J connectivity index is 2.04. The van der Waals surface area contributed by atoms with Crippen LogP contribution >= 0.6 is 0 Å². The molecular weight excluding hydrogens is 246 g/mol. The number of aryl methyl sites for hydroxylation is 1. The zero-order valence-electron chi connectivity index (χ0n) is 11.5. The third-order valence-corrected chi connectivity index (χ3v) is 3.67. The molecule has 0 amide bonds. The van der Waals surface area contributed by atoms with E-state index in [0.29, 0.717) is 18.0 Å². The van der Waals surface area contributed by atoms with Gasteiger partial charge in [-0.25, -0.2) is 4.79 Å². The molecular formula is C13H21N3O3. The molecule has 2 rings (SSSR count). The maximum Gasteiger partial charge on any atom is 0.339 e. The molecule has 1 atom stereocenters. The van der Waals surface area contributed by atoms with Crippen LogP contribution < -0.4 is 0 Å². The van der Waals surface area contributed by atoms with Gasteiger partial charge in [-0.15, -0.1) is 0 Å². The molecule has 1 aliphatic rings. The molecule has 1 N–H and O–H groups in total. The Labute approximate surface area is 113 Å². The Bertz CT molecular complexity index is 442. The second-order valence-corrected chi connectivity index (χ2v) is 5.13. The highest BCUT2D eigenvalue weighted by atomic mass is 16.5. The van der Waals surface area contributed by atoms with E-state index in [0.717, 1.165) is 31.8 Å². The summed E-state index contributed by atoms with van der Waals surface area (Å²) in [4.78, 5) is 13.4. The number of piperidine rings is 1. The van der Waals surface area contributed by atoms with E-state index in [-0.39, 0.29) is 0 Å². The molecule has 1 fully saturated rings. The van der Waals surface area contributed by atoms with Crippen LogP contribution in [0.15, 0.2) is 6.20 Å². The van der Waals surface area contributed by atoms with E-state index in [4.69, 9.17) is 9.84 Å². The molecule has 1 unspecified atom stereocenters. The van der Waals surface area contributed by atoms with Gasteiger partial charge in [0.05, 0.1) is 18.5 Å². The van der Waals surface area contributed by atoms with Crippen molar-refractivity contribution in [2.75, 3.05) is 26.8 Å². The molecule has 0 aromatic carbocycles. The lowest BCUT2D eigenvalue weighted by Gasteiger charge is -2.32. The van der Waals surface area contributed by atoms with E-state index in [1.165, 1.54) is 12.6 Å². The van der Waals surface area contributed by atoms with Crippen molar-refractivity contribution in [3.63, 3.8) is 0 Å². The molecule has 1 aliphatic heterocycles. The molecule has 1 aromatic heterocycles. The van der Waals surface area contributed by atoms with Crippen LogP contribution in [0.25, 0.3) is 0 Å². The lowest BCUT2D eigenvalue weighted by atomic mass is 9.98. The summed E-state index contributed by atoms with van der Waals surface area (Å²) >= 11 is 0. The first-order valence-corrected chi connectivity index (χ1v) is 6.57. The van der Waals surface area contributed by atoms with Gasteiger partial charge in [-0.1, -0.05) is 0 Å². The van der Waals surface area contributed by atoms with Crippen LogP contribution in [0.4, 0.5) is 0 Å². The standard InChI is InChI=1S/C13H21N3O3/c1-15-12(11(6-14-15)13(17)18)8-16-5-3-4-10(7-16)9-19-2/h6,10H,3-5,7-9H2,1-2H3,(H,17,18). The first-order valence-electron chi connectivity index (χ1n) is 6.57. The first-order chi connectivity index (χ1) is 9.11. The summed E-state index contributed by atoms with van der Waals surface area (Å²) < 4.78 is 6.87. The molecule has 106 valence electrons. The summed E-state index contributed by atoms with van der Waals surface area (Å²) in [5, 5.41) is 13.2. The van der Waals surface area contributed by atoms with Crippen molar-refractivity contribution in [2.45, 2.75) is 19.4 Å². The molecule has 19 heavy (non-hydrogen) atoms. The quantitative estimate of drug-likeness (QED) is 0.861. The first kappa shape index (κ1) is 14.0. The number of carboxylic acids is 1. The normalized spacial score (nSPS) is 20.6. The van der Waals surface area contributed by atoms with E-state index < -0.39 is 5.97 Å². The zero-order valence-corrected chi connectivity index (χ0v) is 11.5. The van der Waals surface area contributed by atoms with Crippen LogP contribution in [-0.2, 0) is 18.3 Å². The number of carbonyl (C=O) groups is 1. The van der Waals surface area contributed by atoms with Gasteiger partial charge in [0.15, 0.2) is 0 Å². The Morgan fingerprint density at radius 3 is 3.11 bits per heavy atom. The van der Waals surface area contributed by atoms with Crippen LogP contribution in [-0.4, -0.2) is 52.6 Å². The Hall–Kier alpha value is -1.40. The Morgan fingerprint density at radius 1 is 1.63 bits per heavy atom. The third-order valence-electron chi connectivity index (χ3n) is 3.67. The smallest absolute Gasteiger partial charge is 0.339 e. The number of aromatic carboxylic acids is 1. The van der Waals surface area contributed by atoms with Gasteiger partial charge in [-0.2, -0.15) is 5.10 Å². The SMILES string of the molecule is COCC1CCCN(Cc2c(C(=O)O)cnn2C)C1. The molecule has 2 heterocycles. The molecule has 0 saturated carbocycles. The number of methoxy groups -OCH3 is 1. The Kier molecular flexibility index (Phi) is 4.55. The second kappa shape index (κ2) is 6.16. The molecule has 6 nitrogen and oxygen atoms in total. The summed E-state index contributed by atoms with van der Waals surface area (Å²) in [6.45, 7) is 3.37. The molecule has 1 saturated heterocycles. The largest absolute Gasteiger partial charge is 0.478 e. The molecule has 0 spiro atoms. The van der Waals surface area contributed by atoms with Gasteiger partial charge in [0.2, 0.25) is 0 Å². The second-order valence-electron chi connectivity index (χ2n) is 5.13. The predicted octanol–water partition coefficient (Wildman–Crippen LogP) is 0.977. The van der Waals surface area contributed by atoms with Gasteiger partial charge >= 0.3 is 5.97 Å². The van der Waals surface area contributed by atoms with Crippen LogP contribution in [0.1, 0.15) is 28.9 Å². The highest BCUT2D eigenvalue weighted by molar-refractivity contribution is 5.88. The van der Waals surface area contributed by atoms with Crippen molar-refractivity contribution in [3.8, 4) is 0 Å². The monoisotopic (exact) mass is 267 g/mol. The van der Waals surface area contributed by atoms with Crippen molar-refractivity contribution in [1.82, 2.24) is 14.7 Å². The highest BCUT2D eigenvalue weighted by Crippen LogP contribution is 2.20. The van der Waals surface area contributed by atoms with E-state index in [1.807, 2.05) is 0 Å². The van der Waals surface area contributed by atoms with Gasteiger partial charge in [0.1, 0.15) is 5.56 Å². The van der Waals surface area contributed by atoms with Crippen molar-refractivity contribution < 1.29 is 14.6 Å². The van der Waals surface area contributed by atoms with Gasteiger partial charge in [0.25, 0.3) is 0 Å². The summed E-state index contributed by atoms with van der Waals surface area (Å²) in [6, 6.07) is 0. The van der Waals surface area contributed by atoms with Crippen LogP contribution in [0.3, 0.4) is 0 Å². The average molecular weight is 267 g/mol. The lowest BCUT2D eigenvalue weighted by Crippen LogP contribution is -2.37. The van der Waals surface area contributed by atoms with Gasteiger partial charge in [-0.05, 0) is 25.3 Å². The van der Waals surface area contributed by atoms with E-state index in [1.54, 1.807) is 18.8 Å². The minimum Gasteiger partial charge on any atom is -0.478 e. The summed E-state index contributed by atoms with van der Waals surface area (Å²) in [6.07, 6.45) is 3.74. The molecule has 6 heteroatoms. The fourth-order valence-electron chi connectivity index (χ4n) is 2.71. The fraction of sp³-hybridized carbons (Fsp3) is 0.692.